The van der Waals surface area contributed by atoms with Crippen LogP contribution in [0.25, 0.3) is 0 Å². The molecule has 1 heterocycles. The lowest BCUT2D eigenvalue weighted by molar-refractivity contribution is -0.127. The number of hydrogen-bond acceptors (Lipinski definition) is 3. The number of likely N-dealkylation sites (tertiary alicyclic amines) is 1. The molecule has 0 unspecified atom stereocenters. The smallest absolute Gasteiger partial charge is 0.222 e. The van der Waals surface area contributed by atoms with Crippen LogP contribution < -0.4 is 15.4 Å². The van der Waals surface area contributed by atoms with Gasteiger partial charge < -0.3 is 20.3 Å². The predicted octanol–water partition coefficient (Wildman–Crippen LogP) is 2.38. The van der Waals surface area contributed by atoms with Gasteiger partial charge in [0.15, 0.2) is 5.96 Å². The van der Waals surface area contributed by atoms with Gasteiger partial charge in [0, 0.05) is 38.2 Å². The number of ether oxygens (including phenoxy) is 1. The minimum Gasteiger partial charge on any atom is -0.496 e. The van der Waals surface area contributed by atoms with Crippen LogP contribution in [0.1, 0.15) is 31.7 Å². The number of nitrogens with zero attached hydrogens (tertiary/aromatic N) is 2. The fourth-order valence-electron chi connectivity index (χ4n) is 2.76. The Hall–Kier alpha value is -1.51. The molecule has 0 saturated carbocycles. The third kappa shape index (κ3) is 7.09. The number of halogens is 1. The van der Waals surface area contributed by atoms with Gasteiger partial charge in [0.1, 0.15) is 5.75 Å². The molecule has 1 aliphatic heterocycles. The van der Waals surface area contributed by atoms with Crippen LogP contribution >= 0.6 is 24.0 Å². The topological polar surface area (TPSA) is 66.0 Å². The van der Waals surface area contributed by atoms with Gasteiger partial charge in [0.25, 0.3) is 0 Å². The predicted molar refractivity (Wildman–Crippen MR) is 112 cm³/mol. The molecular formula is C18H29IN4O2. The van der Waals surface area contributed by atoms with E-state index in [0.717, 1.165) is 56.3 Å². The fourth-order valence-corrected chi connectivity index (χ4v) is 2.76. The third-order valence-electron chi connectivity index (χ3n) is 4.01. The Labute approximate surface area is 167 Å². The second-order valence-electron chi connectivity index (χ2n) is 5.77. The van der Waals surface area contributed by atoms with Gasteiger partial charge in [0.05, 0.1) is 13.7 Å². The highest BCUT2D eigenvalue weighted by Crippen LogP contribution is 2.17. The molecule has 0 atom stereocenters. The summed E-state index contributed by atoms with van der Waals surface area (Å²) in [6, 6.07) is 7.90. The number of aliphatic imine (C=N–C) groups is 1. The lowest BCUT2D eigenvalue weighted by atomic mass is 10.2. The fraction of sp³-hybridized carbons (Fsp3) is 0.556. The van der Waals surface area contributed by atoms with E-state index in [1.807, 2.05) is 36.1 Å². The largest absolute Gasteiger partial charge is 0.496 e. The van der Waals surface area contributed by atoms with E-state index in [9.17, 15) is 4.79 Å². The molecule has 0 aliphatic carbocycles. The normalized spacial score (nSPS) is 14.2. The zero-order chi connectivity index (χ0) is 17.2. The molecule has 1 aromatic carbocycles. The molecule has 0 radical (unpaired) electrons. The average molecular weight is 460 g/mol. The summed E-state index contributed by atoms with van der Waals surface area (Å²) < 4.78 is 5.36. The van der Waals surface area contributed by atoms with Gasteiger partial charge in [-0.3, -0.25) is 4.79 Å². The molecule has 2 rings (SSSR count). The van der Waals surface area contributed by atoms with Crippen molar-refractivity contribution >= 4 is 35.8 Å². The zero-order valence-corrected chi connectivity index (χ0v) is 17.4. The molecular weight excluding hydrogens is 431 g/mol. The van der Waals surface area contributed by atoms with Crippen molar-refractivity contribution < 1.29 is 9.53 Å². The highest BCUT2D eigenvalue weighted by Gasteiger charge is 2.18. The van der Waals surface area contributed by atoms with E-state index in [0.29, 0.717) is 13.0 Å². The Bertz CT molecular complexity index is 566. The van der Waals surface area contributed by atoms with E-state index in [1.54, 1.807) is 7.11 Å². The average Bonchev–Trinajstić information content (AvgIpc) is 3.01. The van der Waals surface area contributed by atoms with E-state index in [2.05, 4.69) is 15.6 Å². The minimum absolute atomic E-state index is 0. The van der Waals surface area contributed by atoms with Crippen LogP contribution in [0.4, 0.5) is 0 Å². The Morgan fingerprint density at radius 1 is 1.32 bits per heavy atom. The summed E-state index contributed by atoms with van der Waals surface area (Å²) in [7, 11) is 1.67. The van der Waals surface area contributed by atoms with Gasteiger partial charge in [-0.1, -0.05) is 18.2 Å². The van der Waals surface area contributed by atoms with Crippen LogP contribution in [0, 0.1) is 0 Å². The molecule has 1 aliphatic rings. The van der Waals surface area contributed by atoms with Crippen molar-refractivity contribution in [3.8, 4) is 5.75 Å². The van der Waals surface area contributed by atoms with Crippen LogP contribution in [0.5, 0.6) is 5.75 Å². The number of methoxy groups -OCH3 is 1. The molecule has 140 valence electrons. The molecule has 1 aromatic rings. The molecule has 1 saturated heterocycles. The van der Waals surface area contributed by atoms with Gasteiger partial charge in [0.2, 0.25) is 5.91 Å². The maximum atomic E-state index is 11.6. The molecule has 6 nitrogen and oxygen atoms in total. The second kappa shape index (κ2) is 11.9. The Kier molecular flexibility index (Phi) is 10.3. The summed E-state index contributed by atoms with van der Waals surface area (Å²) in [5.74, 6) is 1.92. The number of carbonyl (C=O) groups excluding carboxylic acids is 1. The first kappa shape index (κ1) is 21.5. The summed E-state index contributed by atoms with van der Waals surface area (Å²) >= 11 is 0. The molecule has 7 heteroatoms. The van der Waals surface area contributed by atoms with Gasteiger partial charge in [-0.15, -0.1) is 24.0 Å². The zero-order valence-electron chi connectivity index (χ0n) is 15.1. The van der Waals surface area contributed by atoms with Crippen molar-refractivity contribution in [1.82, 2.24) is 15.5 Å². The highest BCUT2D eigenvalue weighted by molar-refractivity contribution is 14.0. The lowest BCUT2D eigenvalue weighted by Gasteiger charge is -2.16. The number of para-hydroxylation sites is 1. The summed E-state index contributed by atoms with van der Waals surface area (Å²) in [5.41, 5.74) is 1.06. The standard InChI is InChI=1S/C18H28N4O2.HI/c1-3-19-18(20-11-7-13-22-12-6-10-17(22)23)21-14-15-8-4-5-9-16(15)24-2;/h4-5,8-9H,3,6-7,10-14H2,1-2H3,(H2,19,20,21);1H. The number of benzene rings is 1. The van der Waals surface area contributed by atoms with Gasteiger partial charge in [-0.05, 0) is 25.8 Å². The van der Waals surface area contributed by atoms with Crippen molar-refractivity contribution in [3.05, 3.63) is 29.8 Å². The summed E-state index contributed by atoms with van der Waals surface area (Å²) in [6.07, 6.45) is 2.62. The highest BCUT2D eigenvalue weighted by atomic mass is 127. The van der Waals surface area contributed by atoms with E-state index < -0.39 is 0 Å². The minimum atomic E-state index is 0. The third-order valence-corrected chi connectivity index (χ3v) is 4.01. The van der Waals surface area contributed by atoms with Gasteiger partial charge in [-0.25, -0.2) is 4.99 Å². The Balaban J connectivity index is 0.00000312. The van der Waals surface area contributed by atoms with Crippen molar-refractivity contribution in [2.24, 2.45) is 4.99 Å². The van der Waals surface area contributed by atoms with E-state index >= 15 is 0 Å². The molecule has 1 amide bonds. The van der Waals surface area contributed by atoms with Crippen molar-refractivity contribution in [3.63, 3.8) is 0 Å². The SMILES string of the molecule is CCNC(=NCc1ccccc1OC)NCCCN1CCCC1=O.I. The van der Waals surface area contributed by atoms with Crippen LogP contribution in [-0.2, 0) is 11.3 Å². The number of carbonyl (C=O) groups is 1. The quantitative estimate of drug-likeness (QED) is 0.271. The van der Waals surface area contributed by atoms with Crippen LogP contribution in [0.3, 0.4) is 0 Å². The van der Waals surface area contributed by atoms with Crippen molar-refractivity contribution in [1.29, 1.82) is 0 Å². The molecule has 25 heavy (non-hydrogen) atoms. The first-order valence-corrected chi connectivity index (χ1v) is 8.66. The summed E-state index contributed by atoms with van der Waals surface area (Å²) in [5, 5.41) is 6.57. The second-order valence-corrected chi connectivity index (χ2v) is 5.77. The number of nitrogens with one attached hydrogen (secondary N) is 2. The van der Waals surface area contributed by atoms with Crippen molar-refractivity contribution in [2.75, 3.05) is 33.3 Å². The lowest BCUT2D eigenvalue weighted by Crippen LogP contribution is -2.39. The number of rotatable bonds is 8. The van der Waals surface area contributed by atoms with E-state index in [4.69, 9.17) is 4.74 Å². The van der Waals surface area contributed by atoms with Crippen LogP contribution in [0.15, 0.2) is 29.3 Å². The van der Waals surface area contributed by atoms with Crippen molar-refractivity contribution in [2.45, 2.75) is 32.7 Å². The first-order chi connectivity index (χ1) is 11.7. The molecule has 2 N–H and O–H groups in total. The molecule has 0 spiro atoms. The maximum Gasteiger partial charge on any atom is 0.222 e. The molecule has 0 aromatic heterocycles. The van der Waals surface area contributed by atoms with Crippen LogP contribution in [0.2, 0.25) is 0 Å². The Morgan fingerprint density at radius 2 is 2.12 bits per heavy atom. The monoisotopic (exact) mass is 460 g/mol. The maximum absolute atomic E-state index is 11.6. The molecule has 1 fully saturated rings. The first-order valence-electron chi connectivity index (χ1n) is 8.66. The number of guanidine groups is 1. The number of hydrogen-bond donors (Lipinski definition) is 2. The Morgan fingerprint density at radius 3 is 2.80 bits per heavy atom. The summed E-state index contributed by atoms with van der Waals surface area (Å²) in [6.45, 7) is 5.93. The van der Waals surface area contributed by atoms with Gasteiger partial charge in [-0.2, -0.15) is 0 Å². The molecule has 0 bridgehead atoms. The summed E-state index contributed by atoms with van der Waals surface area (Å²) in [4.78, 5) is 18.1. The number of amides is 1. The van der Waals surface area contributed by atoms with E-state index in [-0.39, 0.29) is 29.9 Å². The van der Waals surface area contributed by atoms with Gasteiger partial charge >= 0.3 is 0 Å². The van der Waals surface area contributed by atoms with Crippen LogP contribution in [-0.4, -0.2) is 50.1 Å². The van der Waals surface area contributed by atoms with E-state index in [1.165, 1.54) is 0 Å².